The van der Waals surface area contributed by atoms with Crippen molar-refractivity contribution in [1.29, 1.82) is 0 Å². The van der Waals surface area contributed by atoms with Gasteiger partial charge in [0.15, 0.2) is 0 Å². The van der Waals surface area contributed by atoms with Gasteiger partial charge in [-0.05, 0) is 19.1 Å². The lowest BCUT2D eigenvalue weighted by atomic mass is 10.2. The first-order valence-electron chi connectivity index (χ1n) is 7.72. The summed E-state index contributed by atoms with van der Waals surface area (Å²) in [5.74, 6) is 1.61. The van der Waals surface area contributed by atoms with E-state index in [-0.39, 0.29) is 17.2 Å². The van der Waals surface area contributed by atoms with E-state index in [9.17, 15) is 9.59 Å². The maximum atomic E-state index is 12.4. The summed E-state index contributed by atoms with van der Waals surface area (Å²) in [6.45, 7) is 3.17. The number of nitrogens with zero attached hydrogens (tertiary/aromatic N) is 2. The van der Waals surface area contributed by atoms with Gasteiger partial charge in [-0.3, -0.25) is 9.59 Å². The zero-order valence-corrected chi connectivity index (χ0v) is 14.1. The molecule has 0 aliphatic carbocycles. The van der Waals surface area contributed by atoms with E-state index in [2.05, 4.69) is 0 Å². The summed E-state index contributed by atoms with van der Waals surface area (Å²) in [5, 5.41) is 1.11. The lowest BCUT2D eigenvalue weighted by Crippen LogP contribution is -2.33. The van der Waals surface area contributed by atoms with Gasteiger partial charge in [0.2, 0.25) is 5.91 Å². The summed E-state index contributed by atoms with van der Waals surface area (Å²) in [4.78, 5) is 27.4. The van der Waals surface area contributed by atoms with Gasteiger partial charge < -0.3 is 14.2 Å². The van der Waals surface area contributed by atoms with Crippen molar-refractivity contribution < 1.29 is 14.0 Å². The van der Waals surface area contributed by atoms with Crippen molar-refractivity contribution in [2.75, 3.05) is 25.9 Å². The molecule has 1 aliphatic rings. The molecule has 6 heteroatoms. The van der Waals surface area contributed by atoms with Crippen LogP contribution < -0.4 is 0 Å². The molecule has 1 fully saturated rings. The second-order valence-corrected chi connectivity index (χ2v) is 6.76. The Balaban J connectivity index is 1.62. The van der Waals surface area contributed by atoms with Gasteiger partial charge >= 0.3 is 0 Å². The van der Waals surface area contributed by atoms with Gasteiger partial charge in [0.1, 0.15) is 11.3 Å². The molecule has 5 nitrogen and oxygen atoms in total. The number of carbonyl (C=O) groups is 2. The molecule has 0 saturated carbocycles. The van der Waals surface area contributed by atoms with Crippen LogP contribution in [0.15, 0.2) is 34.7 Å². The van der Waals surface area contributed by atoms with Crippen LogP contribution >= 0.6 is 11.8 Å². The van der Waals surface area contributed by atoms with Crippen LogP contribution in [0, 0.1) is 0 Å². The topological polar surface area (TPSA) is 53.8 Å². The van der Waals surface area contributed by atoms with Crippen molar-refractivity contribution in [3.63, 3.8) is 0 Å². The summed E-state index contributed by atoms with van der Waals surface area (Å²) < 4.78 is 5.83. The van der Waals surface area contributed by atoms with Gasteiger partial charge in [-0.25, -0.2) is 0 Å². The molecular formula is C17H20N2O3S. The Morgan fingerprint density at radius 1 is 1.43 bits per heavy atom. The van der Waals surface area contributed by atoms with Crippen LogP contribution in [0.1, 0.15) is 25.1 Å². The number of hydrogen-bond donors (Lipinski definition) is 0. The van der Waals surface area contributed by atoms with Crippen molar-refractivity contribution in [2.24, 2.45) is 0 Å². The Morgan fingerprint density at radius 2 is 2.22 bits per heavy atom. The average molecular weight is 332 g/mol. The fourth-order valence-corrected chi connectivity index (χ4v) is 3.50. The number of fused-ring (bicyclic) bond motifs is 1. The largest absolute Gasteiger partial charge is 0.459 e. The highest BCUT2D eigenvalue weighted by atomic mass is 32.2. The molecule has 1 aromatic carbocycles. The highest BCUT2D eigenvalue weighted by Crippen LogP contribution is 2.27. The minimum Gasteiger partial charge on any atom is -0.459 e. The molecule has 2 heterocycles. The summed E-state index contributed by atoms with van der Waals surface area (Å²) in [6.07, 6.45) is 0.341. The first-order chi connectivity index (χ1) is 11.1. The molecular weight excluding hydrogens is 312 g/mol. The minimum absolute atomic E-state index is 0.0163. The molecule has 1 aliphatic heterocycles. The van der Waals surface area contributed by atoms with Gasteiger partial charge in [-0.15, -0.1) is 0 Å². The number of rotatable bonds is 5. The number of amides is 2. The molecule has 0 bridgehead atoms. The van der Waals surface area contributed by atoms with Crippen LogP contribution in [0.2, 0.25) is 0 Å². The Hall–Kier alpha value is -1.95. The van der Waals surface area contributed by atoms with Gasteiger partial charge in [0.05, 0.1) is 6.04 Å². The monoisotopic (exact) mass is 332 g/mol. The summed E-state index contributed by atoms with van der Waals surface area (Å²) in [5.41, 5.74) is 0.829. The maximum Gasteiger partial charge on any atom is 0.281 e. The van der Waals surface area contributed by atoms with Crippen LogP contribution in [0.5, 0.6) is 0 Å². The Morgan fingerprint density at radius 3 is 2.91 bits per heavy atom. The van der Waals surface area contributed by atoms with E-state index in [0.29, 0.717) is 13.0 Å². The fraction of sp³-hybridized carbons (Fsp3) is 0.412. The molecule has 122 valence electrons. The number of furan rings is 1. The molecule has 2 amide bonds. The molecule has 1 saturated heterocycles. The standard InChI is InChI=1S/C17H20N2O3S/c1-12(15-11-13-5-3-4-6-14(13)22-15)18(2)16(20)7-8-19-9-10-23-17(19)21/h3-6,11-12H,7-10H2,1-2H3/t12-/m0/s1. The Bertz CT molecular complexity index is 694. The predicted molar refractivity (Wildman–Crippen MR) is 91.4 cm³/mol. The molecule has 23 heavy (non-hydrogen) atoms. The summed E-state index contributed by atoms with van der Waals surface area (Å²) in [6, 6.07) is 9.65. The average Bonchev–Trinajstić information content (AvgIpc) is 3.17. The molecule has 0 unspecified atom stereocenters. The van der Waals surface area contributed by atoms with Crippen molar-refractivity contribution in [3.8, 4) is 0 Å². The van der Waals surface area contributed by atoms with Crippen LogP contribution in [-0.2, 0) is 4.79 Å². The van der Waals surface area contributed by atoms with E-state index >= 15 is 0 Å². The normalized spacial score (nSPS) is 16.1. The van der Waals surface area contributed by atoms with Gasteiger partial charge in [0.25, 0.3) is 5.24 Å². The zero-order chi connectivity index (χ0) is 16.4. The number of carbonyl (C=O) groups excluding carboxylic acids is 2. The molecule has 3 rings (SSSR count). The first kappa shape index (κ1) is 15.9. The van der Waals surface area contributed by atoms with Gasteiger partial charge in [0, 0.05) is 37.7 Å². The van der Waals surface area contributed by atoms with Gasteiger partial charge in [-0.2, -0.15) is 0 Å². The second-order valence-electron chi connectivity index (χ2n) is 5.72. The number of benzene rings is 1. The second kappa shape index (κ2) is 6.66. The van der Waals surface area contributed by atoms with E-state index in [1.54, 1.807) is 16.8 Å². The van der Waals surface area contributed by atoms with Crippen LogP contribution in [0.3, 0.4) is 0 Å². The Kier molecular flexibility index (Phi) is 4.61. The fourth-order valence-electron chi connectivity index (χ4n) is 2.65. The highest BCUT2D eigenvalue weighted by Gasteiger charge is 2.24. The third-order valence-corrected chi connectivity index (χ3v) is 5.16. The van der Waals surface area contributed by atoms with Crippen molar-refractivity contribution in [2.45, 2.75) is 19.4 Å². The third kappa shape index (κ3) is 3.37. The van der Waals surface area contributed by atoms with E-state index < -0.39 is 0 Å². The van der Waals surface area contributed by atoms with E-state index in [1.807, 2.05) is 37.3 Å². The maximum absolute atomic E-state index is 12.4. The smallest absolute Gasteiger partial charge is 0.281 e. The van der Waals surface area contributed by atoms with E-state index in [1.165, 1.54) is 11.8 Å². The number of thioether (sulfide) groups is 1. The Labute approximate surface area is 139 Å². The SMILES string of the molecule is C[C@@H](c1cc2ccccc2o1)N(C)C(=O)CCN1CCSC1=O. The molecule has 0 spiro atoms. The molecule has 1 aromatic heterocycles. The molecule has 2 aromatic rings. The van der Waals surface area contributed by atoms with E-state index in [0.717, 1.165) is 29.0 Å². The highest BCUT2D eigenvalue weighted by molar-refractivity contribution is 8.13. The molecule has 0 radical (unpaired) electrons. The molecule has 0 N–H and O–H groups in total. The number of hydrogen-bond acceptors (Lipinski definition) is 4. The zero-order valence-electron chi connectivity index (χ0n) is 13.3. The minimum atomic E-state index is -0.140. The molecule has 1 atom stereocenters. The van der Waals surface area contributed by atoms with Crippen LogP contribution in [0.25, 0.3) is 11.0 Å². The lowest BCUT2D eigenvalue weighted by molar-refractivity contribution is -0.132. The van der Waals surface area contributed by atoms with Crippen LogP contribution in [0.4, 0.5) is 4.79 Å². The third-order valence-electron chi connectivity index (χ3n) is 4.27. The van der Waals surface area contributed by atoms with Crippen molar-refractivity contribution in [1.82, 2.24) is 9.80 Å². The van der Waals surface area contributed by atoms with Crippen molar-refractivity contribution in [3.05, 3.63) is 36.1 Å². The predicted octanol–water partition coefficient (Wildman–Crippen LogP) is 3.51. The number of para-hydroxylation sites is 1. The summed E-state index contributed by atoms with van der Waals surface area (Å²) >= 11 is 1.32. The summed E-state index contributed by atoms with van der Waals surface area (Å²) in [7, 11) is 1.78. The first-order valence-corrected chi connectivity index (χ1v) is 8.70. The lowest BCUT2D eigenvalue weighted by Gasteiger charge is -2.24. The van der Waals surface area contributed by atoms with E-state index in [4.69, 9.17) is 4.42 Å². The van der Waals surface area contributed by atoms with Crippen LogP contribution in [-0.4, -0.2) is 46.8 Å². The van der Waals surface area contributed by atoms with Crippen molar-refractivity contribution >= 4 is 33.9 Å². The van der Waals surface area contributed by atoms with Gasteiger partial charge in [-0.1, -0.05) is 30.0 Å². The quantitative estimate of drug-likeness (QED) is 0.841.